The third kappa shape index (κ3) is 0.777. The van der Waals surface area contributed by atoms with Gasteiger partial charge in [0.2, 0.25) is 0 Å². The van der Waals surface area contributed by atoms with Gasteiger partial charge < -0.3 is 0 Å². The van der Waals surface area contributed by atoms with Gasteiger partial charge in [0.1, 0.15) is 0 Å². The first kappa shape index (κ1) is 6.80. The van der Waals surface area contributed by atoms with E-state index < -0.39 is 0 Å². The molecule has 13 heavy (non-hydrogen) atoms. The van der Waals surface area contributed by atoms with E-state index in [2.05, 4.69) is 34.9 Å². The summed E-state index contributed by atoms with van der Waals surface area (Å²) in [5.74, 6) is 0. The summed E-state index contributed by atoms with van der Waals surface area (Å²) in [5.41, 5.74) is 9.81. The van der Waals surface area contributed by atoms with Crippen LogP contribution in [-0.4, -0.2) is 5.23 Å². The smallest absolute Gasteiger partial charge is 0.0859 e. The van der Waals surface area contributed by atoms with Crippen LogP contribution in [0.25, 0.3) is 0 Å². The second-order valence-corrected chi connectivity index (χ2v) is 3.17. The third-order valence-electron chi connectivity index (χ3n) is 2.29. The molecule has 0 saturated heterocycles. The number of fused-ring (bicyclic) bond motifs is 3. The van der Waals surface area contributed by atoms with Crippen molar-refractivity contribution in [2.75, 3.05) is 10.4 Å². The number of allylic oxidation sites excluding steroid dienone is 1. The van der Waals surface area contributed by atoms with Gasteiger partial charge in [-0.05, 0) is 24.3 Å². The van der Waals surface area contributed by atoms with Crippen LogP contribution in [0.4, 0.5) is 11.4 Å². The second kappa shape index (κ2) is 2.17. The Kier molecular flexibility index (Phi) is 1.13. The third-order valence-corrected chi connectivity index (χ3v) is 2.29. The Bertz CT molecular complexity index is 385. The van der Waals surface area contributed by atoms with E-state index in [1.54, 1.807) is 0 Å². The molecule has 4 nitrogen and oxygen atoms in total. The van der Waals surface area contributed by atoms with Crippen molar-refractivity contribution in [1.29, 1.82) is 0 Å². The standard InChI is InChI=1S/C9H10N4/c1-7-6-10-13-11-8-4-2-3-5-9(8)12(7)13/h2-6,10-11H,1H3. The molecule has 0 fully saturated rings. The number of hydrazine groups is 3. The van der Waals surface area contributed by atoms with Crippen LogP contribution in [0, 0.1) is 0 Å². The van der Waals surface area contributed by atoms with Gasteiger partial charge in [-0.2, -0.15) is 0 Å². The fourth-order valence-corrected chi connectivity index (χ4v) is 1.68. The number of para-hydroxylation sites is 2. The summed E-state index contributed by atoms with van der Waals surface area (Å²) in [4.78, 5) is 0. The molecule has 0 bridgehead atoms. The van der Waals surface area contributed by atoms with Gasteiger partial charge in [0.15, 0.2) is 0 Å². The SMILES string of the molecule is CC1=CNN2Nc3ccccc3N12. The molecule has 3 rings (SSSR count). The molecular formula is C9H10N4. The summed E-state index contributed by atoms with van der Waals surface area (Å²) < 4.78 is 0. The van der Waals surface area contributed by atoms with Gasteiger partial charge >= 0.3 is 0 Å². The minimum absolute atomic E-state index is 1.13. The lowest BCUT2D eigenvalue weighted by molar-refractivity contribution is 0.309. The van der Waals surface area contributed by atoms with E-state index in [9.17, 15) is 0 Å². The van der Waals surface area contributed by atoms with Crippen LogP contribution in [0.5, 0.6) is 0 Å². The Labute approximate surface area is 76.4 Å². The van der Waals surface area contributed by atoms with Gasteiger partial charge in [-0.1, -0.05) is 12.1 Å². The van der Waals surface area contributed by atoms with Gasteiger partial charge in [-0.25, -0.2) is 5.01 Å². The molecule has 0 spiro atoms. The first-order valence-corrected chi connectivity index (χ1v) is 4.25. The van der Waals surface area contributed by atoms with Crippen LogP contribution in [0.15, 0.2) is 36.2 Å². The van der Waals surface area contributed by atoms with Crippen molar-refractivity contribution in [2.45, 2.75) is 6.92 Å². The predicted octanol–water partition coefficient (Wildman–Crippen LogP) is 1.43. The Morgan fingerprint density at radius 2 is 2.08 bits per heavy atom. The number of nitrogens with zero attached hydrogens (tertiary/aromatic N) is 2. The lowest BCUT2D eigenvalue weighted by Crippen LogP contribution is -2.41. The zero-order chi connectivity index (χ0) is 8.84. The van der Waals surface area contributed by atoms with Crippen LogP contribution in [0.3, 0.4) is 0 Å². The summed E-state index contributed by atoms with van der Waals surface area (Å²) in [5, 5.41) is 3.95. The molecule has 1 aromatic carbocycles. The second-order valence-electron chi connectivity index (χ2n) is 3.17. The van der Waals surface area contributed by atoms with E-state index in [4.69, 9.17) is 0 Å². The predicted molar refractivity (Wildman–Crippen MR) is 51.3 cm³/mol. The Hall–Kier alpha value is -1.68. The average molecular weight is 174 g/mol. The molecule has 4 heteroatoms. The summed E-state index contributed by atoms with van der Waals surface area (Å²) in [6.45, 7) is 2.07. The first-order valence-electron chi connectivity index (χ1n) is 4.25. The van der Waals surface area contributed by atoms with Crippen molar-refractivity contribution in [3.05, 3.63) is 36.2 Å². The molecule has 1 aromatic rings. The molecule has 0 unspecified atom stereocenters. The zero-order valence-corrected chi connectivity index (χ0v) is 7.28. The molecule has 2 N–H and O–H groups in total. The lowest BCUT2D eigenvalue weighted by Gasteiger charge is -2.20. The molecule has 0 saturated carbocycles. The summed E-state index contributed by atoms with van der Waals surface area (Å²) >= 11 is 0. The Morgan fingerprint density at radius 1 is 1.23 bits per heavy atom. The minimum atomic E-state index is 1.13. The highest BCUT2D eigenvalue weighted by Crippen LogP contribution is 2.36. The van der Waals surface area contributed by atoms with Crippen molar-refractivity contribution in [3.8, 4) is 0 Å². The van der Waals surface area contributed by atoms with Crippen LogP contribution in [0.1, 0.15) is 6.92 Å². The highest BCUT2D eigenvalue weighted by Gasteiger charge is 2.30. The molecule has 66 valence electrons. The van der Waals surface area contributed by atoms with E-state index in [1.807, 2.05) is 23.6 Å². The number of rotatable bonds is 0. The molecule has 0 aromatic heterocycles. The van der Waals surface area contributed by atoms with Crippen molar-refractivity contribution in [1.82, 2.24) is 10.7 Å². The Morgan fingerprint density at radius 3 is 3.00 bits per heavy atom. The molecule has 0 amide bonds. The quantitative estimate of drug-likeness (QED) is 0.623. The van der Waals surface area contributed by atoms with Gasteiger partial charge in [-0.15, -0.1) is 0 Å². The van der Waals surface area contributed by atoms with Crippen molar-refractivity contribution in [3.63, 3.8) is 0 Å². The van der Waals surface area contributed by atoms with Crippen molar-refractivity contribution < 1.29 is 0 Å². The fourth-order valence-electron chi connectivity index (χ4n) is 1.68. The topological polar surface area (TPSA) is 30.5 Å². The minimum Gasteiger partial charge on any atom is -0.288 e. The van der Waals surface area contributed by atoms with E-state index >= 15 is 0 Å². The zero-order valence-electron chi connectivity index (χ0n) is 7.28. The lowest BCUT2D eigenvalue weighted by atomic mass is 10.2. The number of hydrogen-bond donors (Lipinski definition) is 2. The van der Waals surface area contributed by atoms with E-state index in [0.29, 0.717) is 0 Å². The molecule has 0 aliphatic carbocycles. The maximum absolute atomic E-state index is 3.22. The Balaban J connectivity index is 2.13. The molecule has 0 radical (unpaired) electrons. The maximum Gasteiger partial charge on any atom is 0.0859 e. The van der Waals surface area contributed by atoms with Gasteiger partial charge in [0.25, 0.3) is 0 Å². The summed E-state index contributed by atoms with van der Waals surface area (Å²) in [6, 6.07) is 8.21. The molecular weight excluding hydrogens is 164 g/mol. The van der Waals surface area contributed by atoms with E-state index in [1.165, 1.54) is 11.4 Å². The first-order chi connectivity index (χ1) is 6.36. The molecule has 0 atom stereocenters. The average Bonchev–Trinajstić information content (AvgIpc) is 2.66. The summed E-state index contributed by atoms with van der Waals surface area (Å²) in [7, 11) is 0. The van der Waals surface area contributed by atoms with Gasteiger partial charge in [0, 0.05) is 6.20 Å². The van der Waals surface area contributed by atoms with Crippen LogP contribution in [0.2, 0.25) is 0 Å². The van der Waals surface area contributed by atoms with Crippen LogP contribution >= 0.6 is 0 Å². The molecule has 2 aliphatic rings. The fraction of sp³-hybridized carbons (Fsp3) is 0.111. The normalized spacial score (nSPS) is 18.8. The van der Waals surface area contributed by atoms with E-state index in [-0.39, 0.29) is 0 Å². The number of anilines is 2. The van der Waals surface area contributed by atoms with Crippen LogP contribution in [-0.2, 0) is 0 Å². The molecule has 2 heterocycles. The van der Waals surface area contributed by atoms with Gasteiger partial charge in [-0.3, -0.25) is 10.9 Å². The van der Waals surface area contributed by atoms with Gasteiger partial charge in [0.05, 0.1) is 17.1 Å². The van der Waals surface area contributed by atoms with Crippen molar-refractivity contribution in [2.24, 2.45) is 0 Å². The van der Waals surface area contributed by atoms with Crippen LogP contribution < -0.4 is 15.9 Å². The monoisotopic (exact) mass is 174 g/mol. The molecule has 2 aliphatic heterocycles. The maximum atomic E-state index is 3.22. The summed E-state index contributed by atoms with van der Waals surface area (Å²) in [6.07, 6.45) is 1.96. The highest BCUT2D eigenvalue weighted by molar-refractivity contribution is 5.75. The highest BCUT2D eigenvalue weighted by atomic mass is 16.0. The number of hydrogen-bond acceptors (Lipinski definition) is 4. The van der Waals surface area contributed by atoms with E-state index in [0.717, 1.165) is 5.69 Å². The number of benzene rings is 1. The largest absolute Gasteiger partial charge is 0.288 e. The van der Waals surface area contributed by atoms with Crippen molar-refractivity contribution >= 4 is 11.4 Å². The number of nitrogens with one attached hydrogen (secondary N) is 2.